The quantitative estimate of drug-likeness (QED) is 0.711. The van der Waals surface area contributed by atoms with Gasteiger partial charge in [0.1, 0.15) is 0 Å². The van der Waals surface area contributed by atoms with E-state index in [0.29, 0.717) is 13.0 Å². The predicted molar refractivity (Wildman–Crippen MR) is 61.0 cm³/mol. The second-order valence-electron chi connectivity index (χ2n) is 3.78. The molecular weight excluding hydrogens is 188 g/mol. The van der Waals surface area contributed by atoms with E-state index in [-0.39, 0.29) is 5.97 Å². The zero-order valence-electron chi connectivity index (χ0n) is 9.89. The van der Waals surface area contributed by atoms with E-state index in [2.05, 4.69) is 26.0 Å². The van der Waals surface area contributed by atoms with Crippen molar-refractivity contribution < 1.29 is 9.53 Å². The van der Waals surface area contributed by atoms with E-state index < -0.39 is 0 Å². The third kappa shape index (κ3) is 2.82. The van der Waals surface area contributed by atoms with E-state index in [4.69, 9.17) is 4.74 Å². The molecule has 0 aromatic heterocycles. The van der Waals surface area contributed by atoms with Crippen LogP contribution in [0.5, 0.6) is 0 Å². The summed E-state index contributed by atoms with van der Waals surface area (Å²) in [6.45, 7) is 8.41. The smallest absolute Gasteiger partial charge is 0.310 e. The number of benzene rings is 1. The molecule has 0 fully saturated rings. The normalized spacial score (nSPS) is 10.1. The van der Waals surface area contributed by atoms with Crippen molar-refractivity contribution in [3.63, 3.8) is 0 Å². The van der Waals surface area contributed by atoms with Gasteiger partial charge in [-0.15, -0.1) is 0 Å². The lowest BCUT2D eigenvalue weighted by atomic mass is 9.96. The summed E-state index contributed by atoms with van der Waals surface area (Å²) in [5.41, 5.74) is 4.68. The molecule has 0 N–H and O–H groups in total. The average Bonchev–Trinajstić information content (AvgIpc) is 2.19. The fraction of sp³-hybridized carbons (Fsp3) is 0.462. The highest BCUT2D eigenvalue weighted by Crippen LogP contribution is 2.18. The van der Waals surface area contributed by atoms with Gasteiger partial charge in [-0.3, -0.25) is 4.79 Å². The molecule has 0 saturated carbocycles. The number of ether oxygens (including phenoxy) is 1. The third-order valence-electron chi connectivity index (χ3n) is 2.73. The lowest BCUT2D eigenvalue weighted by molar-refractivity contribution is -0.142. The van der Waals surface area contributed by atoms with Crippen LogP contribution in [0.25, 0.3) is 0 Å². The summed E-state index contributed by atoms with van der Waals surface area (Å²) in [6.07, 6.45) is 0.382. The van der Waals surface area contributed by atoms with E-state index in [1.165, 1.54) is 11.1 Å². The molecule has 0 aliphatic rings. The molecule has 0 amide bonds. The predicted octanol–water partition coefficient (Wildman–Crippen LogP) is 2.72. The number of rotatable bonds is 3. The molecule has 0 saturated heterocycles. The second-order valence-corrected chi connectivity index (χ2v) is 3.78. The standard InChI is InChI=1S/C13H18O2/c1-5-15-13(14)8-12-10(3)7-6-9(2)11(12)4/h6-7H,5,8H2,1-4H3. The largest absolute Gasteiger partial charge is 0.466 e. The first-order chi connectivity index (χ1) is 7.06. The lowest BCUT2D eigenvalue weighted by Gasteiger charge is -2.11. The number of carbonyl (C=O) groups is 1. The number of aryl methyl sites for hydroxylation is 2. The Kier molecular flexibility index (Phi) is 3.89. The molecule has 2 heteroatoms. The van der Waals surface area contributed by atoms with Gasteiger partial charge in [0.05, 0.1) is 13.0 Å². The van der Waals surface area contributed by atoms with Gasteiger partial charge in [0.2, 0.25) is 0 Å². The molecule has 0 bridgehead atoms. The van der Waals surface area contributed by atoms with Crippen LogP contribution in [0.3, 0.4) is 0 Å². The maximum atomic E-state index is 11.4. The minimum atomic E-state index is -0.144. The molecule has 0 spiro atoms. The number of carbonyl (C=O) groups excluding carboxylic acids is 1. The van der Waals surface area contributed by atoms with E-state index in [1.807, 2.05) is 13.8 Å². The Morgan fingerprint density at radius 3 is 2.40 bits per heavy atom. The Hall–Kier alpha value is -1.31. The van der Waals surface area contributed by atoms with Crippen LogP contribution in [0.15, 0.2) is 12.1 Å². The molecule has 1 aromatic carbocycles. The highest BCUT2D eigenvalue weighted by atomic mass is 16.5. The molecule has 1 aromatic rings. The van der Waals surface area contributed by atoms with Gasteiger partial charge in [0.25, 0.3) is 0 Å². The van der Waals surface area contributed by atoms with Crippen LogP contribution in [0.1, 0.15) is 29.2 Å². The van der Waals surface area contributed by atoms with E-state index in [0.717, 1.165) is 11.1 Å². The Bertz CT molecular complexity index is 367. The monoisotopic (exact) mass is 206 g/mol. The maximum absolute atomic E-state index is 11.4. The van der Waals surface area contributed by atoms with Crippen LogP contribution < -0.4 is 0 Å². The van der Waals surface area contributed by atoms with Gasteiger partial charge in [-0.1, -0.05) is 12.1 Å². The number of esters is 1. The third-order valence-corrected chi connectivity index (χ3v) is 2.73. The van der Waals surface area contributed by atoms with E-state index >= 15 is 0 Å². The Morgan fingerprint density at radius 1 is 1.20 bits per heavy atom. The van der Waals surface area contributed by atoms with Crippen molar-refractivity contribution in [2.24, 2.45) is 0 Å². The maximum Gasteiger partial charge on any atom is 0.310 e. The lowest BCUT2D eigenvalue weighted by Crippen LogP contribution is -2.10. The summed E-state index contributed by atoms with van der Waals surface area (Å²) in [7, 11) is 0. The fourth-order valence-electron chi connectivity index (χ4n) is 1.64. The fourth-order valence-corrected chi connectivity index (χ4v) is 1.64. The summed E-state index contributed by atoms with van der Waals surface area (Å²) < 4.78 is 4.96. The zero-order valence-corrected chi connectivity index (χ0v) is 9.89. The highest BCUT2D eigenvalue weighted by molar-refractivity contribution is 5.73. The molecular formula is C13H18O2. The average molecular weight is 206 g/mol. The Morgan fingerprint density at radius 2 is 1.80 bits per heavy atom. The summed E-state index contributed by atoms with van der Waals surface area (Å²) >= 11 is 0. The minimum Gasteiger partial charge on any atom is -0.466 e. The molecule has 0 aliphatic carbocycles. The van der Waals surface area contributed by atoms with Gasteiger partial charge in [-0.05, 0) is 49.9 Å². The first kappa shape index (κ1) is 11.8. The van der Waals surface area contributed by atoms with Gasteiger partial charge in [0.15, 0.2) is 0 Å². The minimum absolute atomic E-state index is 0.144. The first-order valence-corrected chi connectivity index (χ1v) is 5.27. The summed E-state index contributed by atoms with van der Waals surface area (Å²) in [5.74, 6) is -0.144. The van der Waals surface area contributed by atoms with Gasteiger partial charge < -0.3 is 4.74 Å². The van der Waals surface area contributed by atoms with Crippen molar-refractivity contribution in [1.82, 2.24) is 0 Å². The van der Waals surface area contributed by atoms with Crippen molar-refractivity contribution >= 4 is 5.97 Å². The van der Waals surface area contributed by atoms with E-state index in [1.54, 1.807) is 0 Å². The second kappa shape index (κ2) is 4.96. The summed E-state index contributed by atoms with van der Waals surface area (Å²) in [5, 5.41) is 0. The number of hydrogen-bond acceptors (Lipinski definition) is 2. The van der Waals surface area contributed by atoms with Crippen LogP contribution in [0.4, 0.5) is 0 Å². The van der Waals surface area contributed by atoms with Crippen LogP contribution in [-0.4, -0.2) is 12.6 Å². The topological polar surface area (TPSA) is 26.3 Å². The van der Waals surface area contributed by atoms with Crippen LogP contribution in [-0.2, 0) is 16.0 Å². The molecule has 1 rings (SSSR count). The number of hydrogen-bond donors (Lipinski definition) is 0. The molecule has 2 nitrogen and oxygen atoms in total. The first-order valence-electron chi connectivity index (χ1n) is 5.27. The molecule has 82 valence electrons. The van der Waals surface area contributed by atoms with Crippen molar-refractivity contribution in [1.29, 1.82) is 0 Å². The van der Waals surface area contributed by atoms with Crippen LogP contribution >= 0.6 is 0 Å². The Labute approximate surface area is 91.3 Å². The van der Waals surface area contributed by atoms with Crippen LogP contribution in [0.2, 0.25) is 0 Å². The van der Waals surface area contributed by atoms with Crippen LogP contribution in [0, 0.1) is 20.8 Å². The van der Waals surface area contributed by atoms with Gasteiger partial charge in [-0.2, -0.15) is 0 Å². The molecule has 0 unspecified atom stereocenters. The molecule has 15 heavy (non-hydrogen) atoms. The molecule has 0 aliphatic heterocycles. The summed E-state index contributed by atoms with van der Waals surface area (Å²) in [6, 6.07) is 4.14. The van der Waals surface area contributed by atoms with Crippen molar-refractivity contribution in [2.75, 3.05) is 6.61 Å². The zero-order chi connectivity index (χ0) is 11.4. The highest BCUT2D eigenvalue weighted by Gasteiger charge is 2.10. The Balaban J connectivity index is 2.93. The van der Waals surface area contributed by atoms with Gasteiger partial charge in [-0.25, -0.2) is 0 Å². The van der Waals surface area contributed by atoms with E-state index in [9.17, 15) is 4.79 Å². The van der Waals surface area contributed by atoms with Gasteiger partial charge in [0, 0.05) is 0 Å². The molecule has 0 radical (unpaired) electrons. The van der Waals surface area contributed by atoms with Crippen molar-refractivity contribution in [3.8, 4) is 0 Å². The SMILES string of the molecule is CCOC(=O)Cc1c(C)ccc(C)c1C. The van der Waals surface area contributed by atoms with Crippen molar-refractivity contribution in [3.05, 3.63) is 34.4 Å². The summed E-state index contributed by atoms with van der Waals surface area (Å²) in [4.78, 5) is 11.4. The molecule has 0 atom stereocenters. The molecule has 0 heterocycles. The van der Waals surface area contributed by atoms with Crippen molar-refractivity contribution in [2.45, 2.75) is 34.1 Å². The van der Waals surface area contributed by atoms with Gasteiger partial charge >= 0.3 is 5.97 Å².